The number of aryl methyl sites for hydroxylation is 1. The van der Waals surface area contributed by atoms with Crippen LogP contribution in [0.1, 0.15) is 23.4 Å². The number of nitrogens with zero attached hydrogens (tertiary/aromatic N) is 2. The van der Waals surface area contributed by atoms with E-state index in [4.69, 9.17) is 5.73 Å². The van der Waals surface area contributed by atoms with Crippen LogP contribution in [0, 0.1) is 6.92 Å². The molecule has 1 aliphatic rings. The molecule has 0 amide bonds. The summed E-state index contributed by atoms with van der Waals surface area (Å²) in [6, 6.07) is 0.733. The van der Waals surface area contributed by atoms with Crippen LogP contribution in [0.25, 0.3) is 0 Å². The van der Waals surface area contributed by atoms with Crippen molar-refractivity contribution in [1.29, 1.82) is 0 Å². The molecule has 0 aliphatic heterocycles. The molecule has 13 heavy (non-hydrogen) atoms. The molecule has 72 valence electrons. The van der Waals surface area contributed by atoms with Crippen LogP contribution in [0.4, 0.5) is 5.13 Å². The van der Waals surface area contributed by atoms with E-state index in [9.17, 15) is 0 Å². The Kier molecular flexibility index (Phi) is 2.26. The molecular formula is C9H15N3S. The van der Waals surface area contributed by atoms with Gasteiger partial charge in [-0.05, 0) is 19.8 Å². The predicted octanol–water partition coefficient (Wildman–Crippen LogP) is 1.51. The summed E-state index contributed by atoms with van der Waals surface area (Å²) < 4.78 is 0. The van der Waals surface area contributed by atoms with Crippen molar-refractivity contribution in [3.8, 4) is 0 Å². The molecule has 1 fully saturated rings. The van der Waals surface area contributed by atoms with Crippen LogP contribution in [0.15, 0.2) is 0 Å². The highest BCUT2D eigenvalue weighted by Crippen LogP contribution is 2.33. The van der Waals surface area contributed by atoms with E-state index in [1.54, 1.807) is 11.3 Å². The monoisotopic (exact) mass is 197 g/mol. The Morgan fingerprint density at radius 2 is 2.31 bits per heavy atom. The Hall–Kier alpha value is -0.610. The number of hydrogen-bond donors (Lipinski definition) is 1. The minimum atomic E-state index is 0.613. The maximum absolute atomic E-state index is 5.61. The summed E-state index contributed by atoms with van der Waals surface area (Å²) in [5.41, 5.74) is 6.70. The Morgan fingerprint density at radius 1 is 1.62 bits per heavy atom. The van der Waals surface area contributed by atoms with E-state index >= 15 is 0 Å². The summed E-state index contributed by atoms with van der Waals surface area (Å²) >= 11 is 1.73. The maximum Gasteiger partial charge on any atom is 0.185 e. The maximum atomic E-state index is 5.61. The Balaban J connectivity index is 2.19. The lowest BCUT2D eigenvalue weighted by molar-refractivity contribution is 0.904. The standard InChI is InChI=1S/C9H15N3S/c1-6-8(5-10)13-9(11-6)12(2)7-3-4-7/h7H,3-5,10H2,1-2H3. The lowest BCUT2D eigenvalue weighted by Crippen LogP contribution is -2.18. The third kappa shape index (κ3) is 1.69. The molecule has 2 rings (SSSR count). The Morgan fingerprint density at radius 3 is 2.77 bits per heavy atom. The molecule has 1 saturated carbocycles. The van der Waals surface area contributed by atoms with Crippen molar-refractivity contribution in [2.24, 2.45) is 5.73 Å². The molecular weight excluding hydrogens is 182 g/mol. The number of rotatable bonds is 3. The van der Waals surface area contributed by atoms with Gasteiger partial charge in [0.2, 0.25) is 0 Å². The second-order valence-electron chi connectivity index (χ2n) is 3.55. The van der Waals surface area contributed by atoms with Gasteiger partial charge in [0, 0.05) is 24.5 Å². The fourth-order valence-electron chi connectivity index (χ4n) is 1.37. The number of nitrogens with two attached hydrogens (primary N) is 1. The van der Waals surface area contributed by atoms with Gasteiger partial charge in [0.25, 0.3) is 0 Å². The highest BCUT2D eigenvalue weighted by Gasteiger charge is 2.28. The van der Waals surface area contributed by atoms with Crippen molar-refractivity contribution in [3.63, 3.8) is 0 Å². The zero-order valence-electron chi connectivity index (χ0n) is 8.08. The van der Waals surface area contributed by atoms with Crippen molar-refractivity contribution >= 4 is 16.5 Å². The SMILES string of the molecule is Cc1nc(N(C)C2CC2)sc1CN. The van der Waals surface area contributed by atoms with Crippen LogP contribution in [-0.4, -0.2) is 18.1 Å². The molecule has 0 spiro atoms. The van der Waals surface area contributed by atoms with E-state index in [-0.39, 0.29) is 0 Å². The van der Waals surface area contributed by atoms with Crippen LogP contribution in [-0.2, 0) is 6.54 Å². The minimum Gasteiger partial charge on any atom is -0.348 e. The van der Waals surface area contributed by atoms with E-state index in [2.05, 4.69) is 16.9 Å². The molecule has 3 nitrogen and oxygen atoms in total. The van der Waals surface area contributed by atoms with E-state index in [1.807, 2.05) is 6.92 Å². The number of aromatic nitrogens is 1. The van der Waals surface area contributed by atoms with Gasteiger partial charge >= 0.3 is 0 Å². The fourth-order valence-corrected chi connectivity index (χ4v) is 2.34. The highest BCUT2D eigenvalue weighted by atomic mass is 32.1. The summed E-state index contributed by atoms with van der Waals surface area (Å²) in [5, 5.41) is 1.13. The van der Waals surface area contributed by atoms with Crippen LogP contribution in [0.5, 0.6) is 0 Å². The van der Waals surface area contributed by atoms with Gasteiger partial charge in [-0.2, -0.15) is 0 Å². The summed E-state index contributed by atoms with van der Waals surface area (Å²) in [4.78, 5) is 7.99. The molecule has 1 aliphatic carbocycles. The molecule has 1 aromatic heterocycles. The zero-order chi connectivity index (χ0) is 9.42. The second-order valence-corrected chi connectivity index (χ2v) is 4.61. The summed E-state index contributed by atoms with van der Waals surface area (Å²) in [6.45, 7) is 2.64. The molecule has 1 heterocycles. The van der Waals surface area contributed by atoms with E-state index in [0.29, 0.717) is 6.54 Å². The summed E-state index contributed by atoms with van der Waals surface area (Å²) in [7, 11) is 2.12. The average molecular weight is 197 g/mol. The van der Waals surface area contributed by atoms with Gasteiger partial charge in [0.1, 0.15) is 0 Å². The third-order valence-electron chi connectivity index (χ3n) is 2.46. The Labute approximate surface area is 82.6 Å². The van der Waals surface area contributed by atoms with Gasteiger partial charge in [-0.3, -0.25) is 0 Å². The van der Waals surface area contributed by atoms with Crippen LogP contribution >= 0.6 is 11.3 Å². The normalized spacial score (nSPS) is 16.2. The first-order valence-corrected chi connectivity index (χ1v) is 5.43. The van der Waals surface area contributed by atoms with E-state index in [1.165, 1.54) is 17.7 Å². The molecule has 2 N–H and O–H groups in total. The van der Waals surface area contributed by atoms with Crippen molar-refractivity contribution in [3.05, 3.63) is 10.6 Å². The number of hydrogen-bond acceptors (Lipinski definition) is 4. The summed E-state index contributed by atoms with van der Waals surface area (Å²) in [5.74, 6) is 0. The van der Waals surface area contributed by atoms with Gasteiger partial charge in [0.15, 0.2) is 5.13 Å². The topological polar surface area (TPSA) is 42.2 Å². The van der Waals surface area contributed by atoms with Crippen LogP contribution in [0.3, 0.4) is 0 Å². The van der Waals surface area contributed by atoms with Crippen molar-refractivity contribution in [2.75, 3.05) is 11.9 Å². The first-order valence-electron chi connectivity index (χ1n) is 4.61. The van der Waals surface area contributed by atoms with Gasteiger partial charge < -0.3 is 10.6 Å². The van der Waals surface area contributed by atoms with E-state index in [0.717, 1.165) is 16.9 Å². The van der Waals surface area contributed by atoms with Crippen molar-refractivity contribution < 1.29 is 0 Å². The minimum absolute atomic E-state index is 0.613. The molecule has 0 bridgehead atoms. The average Bonchev–Trinajstić information content (AvgIpc) is 2.89. The van der Waals surface area contributed by atoms with Crippen molar-refractivity contribution in [2.45, 2.75) is 32.4 Å². The zero-order valence-corrected chi connectivity index (χ0v) is 8.90. The van der Waals surface area contributed by atoms with Crippen molar-refractivity contribution in [1.82, 2.24) is 4.98 Å². The smallest absolute Gasteiger partial charge is 0.185 e. The van der Waals surface area contributed by atoms with Gasteiger partial charge in [-0.1, -0.05) is 0 Å². The van der Waals surface area contributed by atoms with Gasteiger partial charge in [-0.15, -0.1) is 11.3 Å². The fraction of sp³-hybridized carbons (Fsp3) is 0.667. The Bertz CT molecular complexity index is 304. The number of anilines is 1. The van der Waals surface area contributed by atoms with Crippen LogP contribution in [0.2, 0.25) is 0 Å². The quantitative estimate of drug-likeness (QED) is 0.798. The second kappa shape index (κ2) is 3.27. The largest absolute Gasteiger partial charge is 0.348 e. The van der Waals surface area contributed by atoms with Gasteiger partial charge in [0.05, 0.1) is 5.69 Å². The molecule has 0 radical (unpaired) electrons. The predicted molar refractivity (Wildman–Crippen MR) is 56.2 cm³/mol. The molecule has 0 aromatic carbocycles. The summed E-state index contributed by atoms with van der Waals surface area (Å²) in [6.07, 6.45) is 2.63. The first-order chi connectivity index (χ1) is 6.22. The van der Waals surface area contributed by atoms with Crippen LogP contribution < -0.4 is 10.6 Å². The molecule has 0 saturated heterocycles. The lowest BCUT2D eigenvalue weighted by Gasteiger charge is -2.13. The van der Waals surface area contributed by atoms with Gasteiger partial charge in [-0.25, -0.2) is 4.98 Å². The first kappa shape index (κ1) is 8.97. The third-order valence-corrected chi connectivity index (χ3v) is 3.73. The molecule has 1 aromatic rings. The number of thiazole rings is 1. The molecule has 4 heteroatoms. The van der Waals surface area contributed by atoms with E-state index < -0.39 is 0 Å². The molecule has 0 unspecified atom stereocenters. The highest BCUT2D eigenvalue weighted by molar-refractivity contribution is 7.15. The lowest BCUT2D eigenvalue weighted by atomic mass is 10.4. The molecule has 0 atom stereocenters.